The van der Waals surface area contributed by atoms with Gasteiger partial charge in [0.25, 0.3) is 0 Å². The lowest BCUT2D eigenvalue weighted by atomic mass is 9.96. The Balaban J connectivity index is 1.48. The van der Waals surface area contributed by atoms with E-state index in [0.29, 0.717) is 12.5 Å². The van der Waals surface area contributed by atoms with Crippen LogP contribution in [-0.4, -0.2) is 63.8 Å². The van der Waals surface area contributed by atoms with Gasteiger partial charge in [-0.15, -0.1) is 0 Å². The Morgan fingerprint density at radius 3 is 2.59 bits per heavy atom. The average Bonchev–Trinajstić information content (AvgIpc) is 3.12. The van der Waals surface area contributed by atoms with Crippen molar-refractivity contribution in [2.24, 2.45) is 18.0 Å². The third-order valence-electron chi connectivity index (χ3n) is 5.61. The number of likely N-dealkylation sites (tertiary alicyclic amines) is 1. The van der Waals surface area contributed by atoms with Gasteiger partial charge in [0.2, 0.25) is 0 Å². The first-order chi connectivity index (χ1) is 14.0. The number of benzene rings is 1. The van der Waals surface area contributed by atoms with E-state index < -0.39 is 0 Å². The second kappa shape index (κ2) is 10.4. The van der Waals surface area contributed by atoms with Crippen molar-refractivity contribution in [2.75, 3.05) is 33.2 Å². The highest BCUT2D eigenvalue weighted by Gasteiger charge is 2.19. The quantitative estimate of drug-likeness (QED) is 0.574. The SMILES string of the molecule is CCNC(=NCC1CCN(Cc2ccc(C)cc2)CC1)N(C)Cc1ncnn1C. The van der Waals surface area contributed by atoms with E-state index in [1.807, 2.05) is 11.7 Å². The maximum atomic E-state index is 4.92. The molecule has 7 nitrogen and oxygen atoms in total. The van der Waals surface area contributed by atoms with Crippen molar-refractivity contribution in [1.29, 1.82) is 0 Å². The van der Waals surface area contributed by atoms with Crippen LogP contribution in [0.3, 0.4) is 0 Å². The molecule has 0 atom stereocenters. The molecule has 1 N–H and O–H groups in total. The average molecular weight is 398 g/mol. The first-order valence-corrected chi connectivity index (χ1v) is 10.7. The number of rotatable bonds is 7. The molecule has 0 bridgehead atoms. The number of nitrogens with one attached hydrogen (secondary N) is 1. The summed E-state index contributed by atoms with van der Waals surface area (Å²) in [6.07, 6.45) is 4.02. The van der Waals surface area contributed by atoms with Crippen LogP contribution in [0.5, 0.6) is 0 Å². The number of nitrogens with zero attached hydrogens (tertiary/aromatic N) is 6. The highest BCUT2D eigenvalue weighted by Crippen LogP contribution is 2.19. The van der Waals surface area contributed by atoms with Gasteiger partial charge in [-0.25, -0.2) is 4.98 Å². The molecule has 158 valence electrons. The predicted molar refractivity (Wildman–Crippen MR) is 118 cm³/mol. The molecule has 29 heavy (non-hydrogen) atoms. The minimum absolute atomic E-state index is 0.654. The largest absolute Gasteiger partial charge is 0.357 e. The summed E-state index contributed by atoms with van der Waals surface area (Å²) >= 11 is 0. The molecule has 0 aliphatic carbocycles. The molecule has 1 aromatic heterocycles. The minimum atomic E-state index is 0.654. The number of hydrogen-bond acceptors (Lipinski definition) is 4. The van der Waals surface area contributed by atoms with E-state index in [1.54, 1.807) is 6.33 Å². The number of piperidine rings is 1. The maximum absolute atomic E-state index is 4.92. The predicted octanol–water partition coefficient (Wildman–Crippen LogP) is 2.43. The number of aliphatic imine (C=N–C) groups is 1. The van der Waals surface area contributed by atoms with E-state index >= 15 is 0 Å². The highest BCUT2D eigenvalue weighted by molar-refractivity contribution is 5.79. The lowest BCUT2D eigenvalue weighted by Crippen LogP contribution is -2.40. The van der Waals surface area contributed by atoms with Crippen LogP contribution in [0.1, 0.15) is 36.7 Å². The smallest absolute Gasteiger partial charge is 0.194 e. The lowest BCUT2D eigenvalue weighted by molar-refractivity contribution is 0.180. The van der Waals surface area contributed by atoms with Gasteiger partial charge in [0.1, 0.15) is 12.2 Å². The van der Waals surface area contributed by atoms with E-state index in [0.717, 1.165) is 44.5 Å². The van der Waals surface area contributed by atoms with Gasteiger partial charge in [0.15, 0.2) is 5.96 Å². The first kappa shape index (κ1) is 21.3. The third-order valence-corrected chi connectivity index (χ3v) is 5.61. The number of guanidine groups is 1. The van der Waals surface area contributed by atoms with E-state index in [9.17, 15) is 0 Å². The Morgan fingerprint density at radius 1 is 1.24 bits per heavy atom. The summed E-state index contributed by atoms with van der Waals surface area (Å²) in [5.74, 6) is 2.53. The number of aryl methyl sites for hydroxylation is 2. The molecule has 3 rings (SSSR count). The molecule has 2 aromatic rings. The Morgan fingerprint density at radius 2 is 1.97 bits per heavy atom. The van der Waals surface area contributed by atoms with Crippen molar-refractivity contribution in [3.8, 4) is 0 Å². The van der Waals surface area contributed by atoms with Gasteiger partial charge in [0, 0.05) is 33.7 Å². The zero-order valence-electron chi connectivity index (χ0n) is 18.3. The molecule has 0 spiro atoms. The topological polar surface area (TPSA) is 61.6 Å². The molecule has 0 unspecified atom stereocenters. The molecule has 0 amide bonds. The summed E-state index contributed by atoms with van der Waals surface area (Å²) in [7, 11) is 3.98. The fourth-order valence-corrected chi connectivity index (χ4v) is 3.71. The Hall–Kier alpha value is -2.41. The summed E-state index contributed by atoms with van der Waals surface area (Å²) in [6, 6.07) is 8.91. The molecule has 0 radical (unpaired) electrons. The lowest BCUT2D eigenvalue weighted by Gasteiger charge is -2.31. The molecule has 1 saturated heterocycles. The molecular weight excluding hydrogens is 362 g/mol. The zero-order chi connectivity index (χ0) is 20.6. The van der Waals surface area contributed by atoms with Crippen LogP contribution in [0.25, 0.3) is 0 Å². The van der Waals surface area contributed by atoms with Crippen LogP contribution < -0.4 is 5.32 Å². The van der Waals surface area contributed by atoms with Gasteiger partial charge in [0.05, 0.1) is 6.54 Å². The molecule has 1 aromatic carbocycles. The summed E-state index contributed by atoms with van der Waals surface area (Å²) in [4.78, 5) is 13.9. The molecule has 7 heteroatoms. The van der Waals surface area contributed by atoms with Gasteiger partial charge in [-0.3, -0.25) is 14.6 Å². The third kappa shape index (κ3) is 6.29. The second-order valence-electron chi connectivity index (χ2n) is 8.06. The normalized spacial score (nSPS) is 16.2. The monoisotopic (exact) mass is 397 g/mol. The van der Waals surface area contributed by atoms with Crippen LogP contribution in [0, 0.1) is 12.8 Å². The number of aromatic nitrogens is 3. The first-order valence-electron chi connectivity index (χ1n) is 10.7. The van der Waals surface area contributed by atoms with E-state index in [1.165, 1.54) is 24.0 Å². The van der Waals surface area contributed by atoms with Crippen molar-refractivity contribution < 1.29 is 0 Å². The van der Waals surface area contributed by atoms with Gasteiger partial charge >= 0.3 is 0 Å². The maximum Gasteiger partial charge on any atom is 0.194 e. The summed E-state index contributed by atoms with van der Waals surface area (Å²) in [5.41, 5.74) is 2.73. The Bertz CT molecular complexity index is 773. The Labute approximate surface area is 174 Å². The fourth-order valence-electron chi connectivity index (χ4n) is 3.71. The van der Waals surface area contributed by atoms with Gasteiger partial charge in [-0.2, -0.15) is 5.10 Å². The van der Waals surface area contributed by atoms with Crippen LogP contribution in [0.2, 0.25) is 0 Å². The van der Waals surface area contributed by atoms with Gasteiger partial charge in [-0.1, -0.05) is 29.8 Å². The summed E-state index contributed by atoms with van der Waals surface area (Å²) < 4.78 is 1.81. The van der Waals surface area contributed by atoms with Crippen molar-refractivity contribution >= 4 is 5.96 Å². The second-order valence-corrected chi connectivity index (χ2v) is 8.06. The molecule has 2 heterocycles. The highest BCUT2D eigenvalue weighted by atomic mass is 15.4. The van der Waals surface area contributed by atoms with Crippen LogP contribution in [0.4, 0.5) is 0 Å². The molecule has 1 aliphatic rings. The minimum Gasteiger partial charge on any atom is -0.357 e. The van der Waals surface area contributed by atoms with Crippen molar-refractivity contribution in [3.05, 3.63) is 47.5 Å². The summed E-state index contributed by atoms with van der Waals surface area (Å²) in [5, 5.41) is 7.56. The van der Waals surface area contributed by atoms with Crippen molar-refractivity contribution in [3.63, 3.8) is 0 Å². The van der Waals surface area contributed by atoms with Gasteiger partial charge in [-0.05, 0) is 51.3 Å². The fraction of sp³-hybridized carbons (Fsp3) is 0.591. The van der Waals surface area contributed by atoms with Crippen LogP contribution in [0.15, 0.2) is 35.6 Å². The summed E-state index contributed by atoms with van der Waals surface area (Å²) in [6.45, 7) is 10.0. The van der Waals surface area contributed by atoms with E-state index in [2.05, 4.69) is 70.4 Å². The van der Waals surface area contributed by atoms with Crippen LogP contribution >= 0.6 is 0 Å². The number of hydrogen-bond donors (Lipinski definition) is 1. The molecule has 1 aliphatic heterocycles. The Kier molecular flexibility index (Phi) is 7.63. The van der Waals surface area contributed by atoms with Gasteiger partial charge < -0.3 is 10.2 Å². The van der Waals surface area contributed by atoms with E-state index in [4.69, 9.17) is 4.99 Å². The van der Waals surface area contributed by atoms with E-state index in [-0.39, 0.29) is 0 Å². The van der Waals surface area contributed by atoms with Crippen LogP contribution in [-0.2, 0) is 20.1 Å². The van der Waals surface area contributed by atoms with Crippen molar-refractivity contribution in [1.82, 2.24) is 29.9 Å². The standard InChI is InChI=1S/C22H35N7/c1-5-23-22(27(3)16-21-25-17-26-28(21)4)24-14-19-10-12-29(13-11-19)15-20-8-6-18(2)7-9-20/h6-9,17,19H,5,10-16H2,1-4H3,(H,23,24). The van der Waals surface area contributed by atoms with Crippen molar-refractivity contribution in [2.45, 2.75) is 39.8 Å². The molecule has 1 fully saturated rings. The molecular formula is C22H35N7. The zero-order valence-corrected chi connectivity index (χ0v) is 18.3. The molecule has 0 saturated carbocycles.